The molecule has 0 aromatic heterocycles. The van der Waals surface area contributed by atoms with E-state index >= 15 is 0 Å². The van der Waals surface area contributed by atoms with Crippen molar-refractivity contribution in [3.8, 4) is 0 Å². The molecule has 3 N–H and O–H groups in total. The molecule has 2 aliphatic rings. The quantitative estimate of drug-likeness (QED) is 0.459. The molecule has 1 heterocycles. The van der Waals surface area contributed by atoms with Gasteiger partial charge in [0, 0.05) is 31.1 Å². The summed E-state index contributed by atoms with van der Waals surface area (Å²) in [4.78, 5) is 4.58. The lowest BCUT2D eigenvalue weighted by Crippen LogP contribution is -2.52. The maximum Gasteiger partial charge on any atom is 0.511 e. The second-order valence-corrected chi connectivity index (χ2v) is 9.81. The molecule has 0 spiro atoms. The number of piperidine rings is 1. The number of aliphatic imine (C=N–C) groups is 1. The van der Waals surface area contributed by atoms with Crippen molar-refractivity contribution < 1.29 is 26.7 Å². The Balaban J connectivity index is 1.95. The first-order chi connectivity index (χ1) is 13.0. The van der Waals surface area contributed by atoms with Gasteiger partial charge in [-0.25, -0.2) is 8.42 Å². The van der Waals surface area contributed by atoms with Crippen molar-refractivity contribution >= 4 is 16.0 Å². The monoisotopic (exact) mass is 428 g/mol. The normalized spacial score (nSPS) is 28.9. The smallest absolute Gasteiger partial charge is 0.392 e. The van der Waals surface area contributed by atoms with Crippen LogP contribution in [0.2, 0.25) is 0 Å². The van der Waals surface area contributed by atoms with Gasteiger partial charge in [-0.3, -0.25) is 4.99 Å². The van der Waals surface area contributed by atoms with Gasteiger partial charge in [0.1, 0.15) is 0 Å². The molecule has 1 aliphatic carbocycles. The van der Waals surface area contributed by atoms with Crippen LogP contribution in [-0.4, -0.2) is 67.6 Å². The van der Waals surface area contributed by atoms with E-state index < -0.39 is 21.6 Å². The van der Waals surface area contributed by atoms with E-state index in [4.69, 9.17) is 0 Å². The average Bonchev–Trinajstić information content (AvgIpc) is 2.62. The van der Waals surface area contributed by atoms with E-state index in [1.54, 1.807) is 0 Å². The Bertz CT molecular complexity index is 649. The van der Waals surface area contributed by atoms with Crippen molar-refractivity contribution in [2.45, 2.75) is 70.0 Å². The lowest BCUT2D eigenvalue weighted by Gasteiger charge is -2.37. The third-order valence-corrected chi connectivity index (χ3v) is 7.28. The minimum atomic E-state index is -5.27. The molecule has 28 heavy (non-hydrogen) atoms. The third kappa shape index (κ3) is 5.50. The van der Waals surface area contributed by atoms with Crippen LogP contribution in [0.25, 0.3) is 0 Å². The van der Waals surface area contributed by atoms with Crippen molar-refractivity contribution in [1.82, 2.24) is 14.9 Å². The summed E-state index contributed by atoms with van der Waals surface area (Å²) in [6, 6.07) is -0.165. The second kappa shape index (κ2) is 9.17. The van der Waals surface area contributed by atoms with Gasteiger partial charge in [0.25, 0.3) is 0 Å². The van der Waals surface area contributed by atoms with Crippen LogP contribution < -0.4 is 10.6 Å². The number of halogens is 3. The summed E-state index contributed by atoms with van der Waals surface area (Å²) in [5.74, 6) is 0.540. The van der Waals surface area contributed by atoms with Gasteiger partial charge in [-0.05, 0) is 32.6 Å². The van der Waals surface area contributed by atoms with Crippen molar-refractivity contribution in [1.29, 1.82) is 0 Å². The molecule has 1 aliphatic heterocycles. The first-order valence-electron chi connectivity index (χ1n) is 9.79. The molecule has 1 saturated carbocycles. The number of aliphatic hydroxyl groups excluding tert-OH is 1. The zero-order valence-electron chi connectivity index (χ0n) is 16.4. The predicted molar refractivity (Wildman–Crippen MR) is 101 cm³/mol. The van der Waals surface area contributed by atoms with Crippen LogP contribution in [-0.2, 0) is 10.0 Å². The minimum absolute atomic E-state index is 0.165. The van der Waals surface area contributed by atoms with Crippen LogP contribution in [0.4, 0.5) is 13.2 Å². The Morgan fingerprint density at radius 1 is 1.25 bits per heavy atom. The molecule has 2 unspecified atom stereocenters. The van der Waals surface area contributed by atoms with E-state index in [1.807, 2.05) is 13.8 Å². The van der Waals surface area contributed by atoms with Gasteiger partial charge in [-0.2, -0.15) is 17.5 Å². The van der Waals surface area contributed by atoms with Crippen LogP contribution in [0, 0.1) is 5.41 Å². The maximum atomic E-state index is 12.7. The van der Waals surface area contributed by atoms with Crippen molar-refractivity contribution in [2.24, 2.45) is 10.4 Å². The highest BCUT2D eigenvalue weighted by atomic mass is 32.2. The van der Waals surface area contributed by atoms with Crippen LogP contribution in [0.15, 0.2) is 4.99 Å². The second-order valence-electron chi connectivity index (χ2n) is 7.88. The fourth-order valence-electron chi connectivity index (χ4n) is 3.73. The summed E-state index contributed by atoms with van der Waals surface area (Å²) in [5, 5.41) is 16.6. The van der Waals surface area contributed by atoms with Crippen molar-refractivity contribution in [2.75, 3.05) is 26.2 Å². The Kier molecular flexibility index (Phi) is 7.60. The number of nitrogens with one attached hydrogen (secondary N) is 2. The number of aliphatic hydroxyl groups is 1. The first kappa shape index (κ1) is 23.2. The molecule has 0 bridgehead atoms. The number of hydrogen-bond donors (Lipinski definition) is 3. The van der Waals surface area contributed by atoms with Gasteiger partial charge >= 0.3 is 15.5 Å². The van der Waals surface area contributed by atoms with Crippen LogP contribution in [0.3, 0.4) is 0 Å². The van der Waals surface area contributed by atoms with E-state index in [1.165, 1.54) is 0 Å². The number of nitrogens with zero attached hydrogens (tertiary/aromatic N) is 2. The SMILES string of the molecule is CCNC(=NCC1(C)CCCCC1O)NC1CCN(S(=O)(=O)C(F)(F)F)CC1. The topological polar surface area (TPSA) is 94.0 Å². The van der Waals surface area contributed by atoms with Crippen LogP contribution in [0.5, 0.6) is 0 Å². The fraction of sp³-hybridized carbons (Fsp3) is 0.941. The van der Waals surface area contributed by atoms with Crippen molar-refractivity contribution in [3.05, 3.63) is 0 Å². The number of rotatable bonds is 5. The predicted octanol–water partition coefficient (Wildman–Crippen LogP) is 1.80. The molecule has 0 radical (unpaired) electrons. The molecule has 1 saturated heterocycles. The average molecular weight is 429 g/mol. The van der Waals surface area contributed by atoms with Crippen molar-refractivity contribution in [3.63, 3.8) is 0 Å². The molecule has 11 heteroatoms. The molecule has 7 nitrogen and oxygen atoms in total. The molecule has 0 amide bonds. The van der Waals surface area contributed by atoms with E-state index in [0.29, 0.717) is 23.4 Å². The van der Waals surface area contributed by atoms with E-state index in [9.17, 15) is 26.7 Å². The number of guanidine groups is 1. The van der Waals surface area contributed by atoms with E-state index in [0.717, 1.165) is 25.7 Å². The van der Waals surface area contributed by atoms with Crippen LogP contribution >= 0.6 is 0 Å². The molecule has 0 aromatic rings. The molecule has 2 fully saturated rings. The van der Waals surface area contributed by atoms with E-state index in [2.05, 4.69) is 15.6 Å². The highest BCUT2D eigenvalue weighted by molar-refractivity contribution is 7.90. The maximum absolute atomic E-state index is 12.7. The summed E-state index contributed by atoms with van der Waals surface area (Å²) in [7, 11) is -5.27. The molecular formula is C17H31F3N4O3S. The summed E-state index contributed by atoms with van der Waals surface area (Å²) in [6.45, 7) is 4.62. The number of hydrogen-bond acceptors (Lipinski definition) is 4. The fourth-order valence-corrected chi connectivity index (χ4v) is 4.71. The Morgan fingerprint density at radius 2 is 1.89 bits per heavy atom. The Labute approximate surface area is 164 Å². The summed E-state index contributed by atoms with van der Waals surface area (Å²) < 4.78 is 61.5. The minimum Gasteiger partial charge on any atom is -0.392 e. The van der Waals surface area contributed by atoms with E-state index in [-0.39, 0.29) is 37.4 Å². The van der Waals surface area contributed by atoms with Crippen LogP contribution in [0.1, 0.15) is 52.4 Å². The zero-order chi connectivity index (χ0) is 21.0. The highest BCUT2D eigenvalue weighted by Gasteiger charge is 2.50. The van der Waals surface area contributed by atoms with Gasteiger partial charge in [0.2, 0.25) is 0 Å². The van der Waals surface area contributed by atoms with Gasteiger partial charge in [-0.1, -0.05) is 19.8 Å². The third-order valence-electron chi connectivity index (χ3n) is 5.65. The lowest BCUT2D eigenvalue weighted by molar-refractivity contribution is -0.0494. The first-order valence-corrected chi connectivity index (χ1v) is 11.2. The number of alkyl halides is 3. The Hall–Kier alpha value is -1.07. The summed E-state index contributed by atoms with van der Waals surface area (Å²) in [5.41, 5.74) is -5.55. The molecule has 2 rings (SSSR count). The molecule has 0 aromatic carbocycles. The highest BCUT2D eigenvalue weighted by Crippen LogP contribution is 2.36. The number of sulfonamides is 1. The largest absolute Gasteiger partial charge is 0.511 e. The lowest BCUT2D eigenvalue weighted by atomic mass is 9.73. The molecule has 2 atom stereocenters. The van der Waals surface area contributed by atoms with Gasteiger partial charge in [0.15, 0.2) is 5.96 Å². The summed E-state index contributed by atoms with van der Waals surface area (Å²) in [6.07, 6.45) is 3.85. The van der Waals surface area contributed by atoms with Gasteiger partial charge in [0.05, 0.1) is 12.6 Å². The zero-order valence-corrected chi connectivity index (χ0v) is 17.2. The standard InChI is InChI=1S/C17H31F3N4O3S/c1-3-21-15(22-12-16(2)9-5-4-6-14(16)25)23-13-7-10-24(11-8-13)28(26,27)17(18,19)20/h13-14,25H,3-12H2,1-2H3,(H2,21,22,23). The van der Waals surface area contributed by atoms with Gasteiger partial charge < -0.3 is 15.7 Å². The summed E-state index contributed by atoms with van der Waals surface area (Å²) >= 11 is 0. The Morgan fingerprint density at radius 3 is 2.43 bits per heavy atom. The molecule has 164 valence electrons. The molecular weight excluding hydrogens is 397 g/mol. The van der Waals surface area contributed by atoms with Gasteiger partial charge in [-0.15, -0.1) is 0 Å².